The first-order valence-electron chi connectivity index (χ1n) is 11.8. The molecule has 0 unspecified atom stereocenters. The van der Waals surface area contributed by atoms with E-state index in [4.69, 9.17) is 35.2 Å². The van der Waals surface area contributed by atoms with Crippen LogP contribution in [-0.4, -0.2) is 159 Å². The standard InChI is InChI=1S/C20H37N3O13/c1-23-7-2-5(21)9(26)15(10(7)27)33-19-17-16(11(28)8(4-25)32-19)35-20(36-17)18(31)13(30)12(29)14(34-20)6(22)3-24/h5-19,23-31H,2-4,21-22H2,1H3/t5-,6-,7+,8-,9+,10-,11+,12+,13-,14+,15-,16+,17-,18+,19+,20+/m1/s1. The van der Waals surface area contributed by atoms with Gasteiger partial charge in [-0.1, -0.05) is 0 Å². The molecule has 3 saturated heterocycles. The number of rotatable bonds is 6. The van der Waals surface area contributed by atoms with E-state index in [1.54, 1.807) is 7.05 Å². The molecule has 36 heavy (non-hydrogen) atoms. The Hall–Kier alpha value is -0.640. The third-order valence-corrected chi connectivity index (χ3v) is 7.42. The van der Waals surface area contributed by atoms with Crippen LogP contribution in [0.2, 0.25) is 0 Å². The van der Waals surface area contributed by atoms with Crippen LogP contribution >= 0.6 is 0 Å². The zero-order chi connectivity index (χ0) is 26.5. The highest BCUT2D eigenvalue weighted by atomic mass is 16.9. The number of ether oxygens (including phenoxy) is 5. The van der Waals surface area contributed by atoms with Crippen LogP contribution in [0, 0.1) is 0 Å². The fraction of sp³-hybridized carbons (Fsp3) is 1.00. The van der Waals surface area contributed by atoms with Crippen molar-refractivity contribution < 1.29 is 64.5 Å². The maximum absolute atomic E-state index is 10.7. The molecule has 0 amide bonds. The molecule has 3 aliphatic heterocycles. The maximum Gasteiger partial charge on any atom is 0.314 e. The molecule has 1 spiro atoms. The van der Waals surface area contributed by atoms with Crippen LogP contribution in [0.15, 0.2) is 0 Å². The highest BCUT2D eigenvalue weighted by molar-refractivity contribution is 5.05. The van der Waals surface area contributed by atoms with E-state index < -0.39 is 111 Å². The second-order valence-corrected chi connectivity index (χ2v) is 9.72. The highest BCUT2D eigenvalue weighted by Crippen LogP contribution is 2.45. The smallest absolute Gasteiger partial charge is 0.314 e. The number of aliphatic hydroxyl groups excluding tert-OH is 8. The first-order valence-corrected chi connectivity index (χ1v) is 11.8. The minimum atomic E-state index is -2.48. The van der Waals surface area contributed by atoms with Gasteiger partial charge in [-0.3, -0.25) is 0 Å². The van der Waals surface area contributed by atoms with Gasteiger partial charge in [-0.25, -0.2) is 0 Å². The second-order valence-electron chi connectivity index (χ2n) is 9.72. The van der Waals surface area contributed by atoms with Crippen molar-refractivity contribution in [2.24, 2.45) is 11.5 Å². The van der Waals surface area contributed by atoms with Gasteiger partial charge in [-0.15, -0.1) is 0 Å². The average Bonchev–Trinajstić information content (AvgIpc) is 3.27. The molecule has 0 aromatic carbocycles. The maximum atomic E-state index is 10.7. The Morgan fingerprint density at radius 2 is 1.61 bits per heavy atom. The molecule has 16 nitrogen and oxygen atoms in total. The number of likely N-dealkylation sites (N-methyl/N-ethyl adjacent to an activating group) is 1. The van der Waals surface area contributed by atoms with Gasteiger partial charge in [0.1, 0.15) is 48.8 Å². The molecule has 0 bridgehead atoms. The Kier molecular flexibility index (Phi) is 8.55. The van der Waals surface area contributed by atoms with Crippen molar-refractivity contribution in [3.05, 3.63) is 0 Å². The fourth-order valence-corrected chi connectivity index (χ4v) is 5.23. The number of hydrogen-bond acceptors (Lipinski definition) is 16. The van der Waals surface area contributed by atoms with Gasteiger partial charge in [-0.05, 0) is 13.5 Å². The SMILES string of the molecule is CN[C@H]1C[C@@H](N)[C@H](O)[C@@H](O[C@@H]2O[C@H](CO)[C@H](O)[C@@H]3O[C@]4(O[C@@H]([C@H](N)CO)[C@@H](O)[C@@H](O)[C@@H]4O)O[C@@H]23)[C@@H]1O. The summed E-state index contributed by atoms with van der Waals surface area (Å²) >= 11 is 0. The Morgan fingerprint density at radius 1 is 0.944 bits per heavy atom. The largest absolute Gasteiger partial charge is 0.395 e. The van der Waals surface area contributed by atoms with Crippen LogP contribution in [-0.2, 0) is 23.7 Å². The van der Waals surface area contributed by atoms with Crippen molar-refractivity contribution in [3.63, 3.8) is 0 Å². The molecule has 16 atom stereocenters. The van der Waals surface area contributed by atoms with Gasteiger partial charge in [0, 0.05) is 12.1 Å². The lowest BCUT2D eigenvalue weighted by Gasteiger charge is -2.46. The normalized spacial score (nSPS) is 54.4. The number of hydrogen-bond donors (Lipinski definition) is 11. The first-order chi connectivity index (χ1) is 17.0. The fourth-order valence-electron chi connectivity index (χ4n) is 5.23. The Morgan fingerprint density at radius 3 is 2.22 bits per heavy atom. The number of nitrogens with one attached hydrogen (secondary N) is 1. The van der Waals surface area contributed by atoms with Gasteiger partial charge in [0.25, 0.3) is 0 Å². The van der Waals surface area contributed by atoms with Crippen molar-refractivity contribution >= 4 is 0 Å². The van der Waals surface area contributed by atoms with Gasteiger partial charge in [-0.2, -0.15) is 0 Å². The van der Waals surface area contributed by atoms with E-state index in [9.17, 15) is 40.9 Å². The molecular weight excluding hydrogens is 490 g/mol. The van der Waals surface area contributed by atoms with E-state index in [1.165, 1.54) is 0 Å². The van der Waals surface area contributed by atoms with Gasteiger partial charge in [0.05, 0.1) is 31.5 Å². The average molecular weight is 528 g/mol. The lowest BCUT2D eigenvalue weighted by atomic mass is 9.84. The lowest BCUT2D eigenvalue weighted by Crippen LogP contribution is -2.69. The summed E-state index contributed by atoms with van der Waals surface area (Å²) in [5.41, 5.74) is 11.8. The van der Waals surface area contributed by atoms with Crippen LogP contribution in [0.3, 0.4) is 0 Å². The van der Waals surface area contributed by atoms with E-state index in [0.717, 1.165) is 0 Å². The summed E-state index contributed by atoms with van der Waals surface area (Å²) in [7, 11) is 1.60. The molecule has 1 aliphatic carbocycles. The van der Waals surface area contributed by atoms with Gasteiger partial charge in [0.15, 0.2) is 12.4 Å². The van der Waals surface area contributed by atoms with Crippen molar-refractivity contribution in [2.75, 3.05) is 20.3 Å². The molecular formula is C20H37N3O13. The molecule has 0 radical (unpaired) electrons. The number of aliphatic hydroxyl groups is 8. The minimum absolute atomic E-state index is 0.254. The van der Waals surface area contributed by atoms with E-state index in [0.29, 0.717) is 0 Å². The van der Waals surface area contributed by atoms with Crippen molar-refractivity contribution in [1.29, 1.82) is 0 Å². The van der Waals surface area contributed by atoms with Crippen molar-refractivity contribution in [2.45, 2.75) is 104 Å². The molecule has 1 saturated carbocycles. The zero-order valence-corrected chi connectivity index (χ0v) is 19.6. The second kappa shape index (κ2) is 10.9. The quantitative estimate of drug-likeness (QED) is 0.153. The third-order valence-electron chi connectivity index (χ3n) is 7.42. The molecule has 16 heteroatoms. The topological polar surface area (TPSA) is 272 Å². The number of fused-ring (bicyclic) bond motifs is 1. The van der Waals surface area contributed by atoms with Crippen molar-refractivity contribution in [1.82, 2.24) is 5.32 Å². The zero-order valence-electron chi connectivity index (χ0n) is 19.6. The molecule has 0 aromatic heterocycles. The van der Waals surface area contributed by atoms with Crippen LogP contribution < -0.4 is 16.8 Å². The molecule has 210 valence electrons. The predicted molar refractivity (Wildman–Crippen MR) is 115 cm³/mol. The molecule has 4 aliphatic rings. The summed E-state index contributed by atoms with van der Waals surface area (Å²) in [6.07, 6.45) is -17.7. The summed E-state index contributed by atoms with van der Waals surface area (Å²) in [6, 6.07) is -2.50. The van der Waals surface area contributed by atoms with Crippen LogP contribution in [0.5, 0.6) is 0 Å². The molecule has 0 aromatic rings. The first kappa shape index (κ1) is 28.4. The molecule has 13 N–H and O–H groups in total. The summed E-state index contributed by atoms with van der Waals surface area (Å²) < 4.78 is 28.7. The summed E-state index contributed by atoms with van der Waals surface area (Å²) in [5.74, 6) is -2.48. The van der Waals surface area contributed by atoms with E-state index in [1.807, 2.05) is 0 Å². The monoisotopic (exact) mass is 527 g/mol. The molecule has 3 heterocycles. The van der Waals surface area contributed by atoms with Crippen molar-refractivity contribution in [3.8, 4) is 0 Å². The van der Waals surface area contributed by atoms with Gasteiger partial charge < -0.3 is 81.3 Å². The van der Waals surface area contributed by atoms with Gasteiger partial charge in [0.2, 0.25) is 0 Å². The van der Waals surface area contributed by atoms with Crippen LogP contribution in [0.25, 0.3) is 0 Å². The lowest BCUT2D eigenvalue weighted by molar-refractivity contribution is -0.439. The van der Waals surface area contributed by atoms with E-state index in [2.05, 4.69) is 5.32 Å². The Balaban J connectivity index is 1.62. The van der Waals surface area contributed by atoms with Gasteiger partial charge >= 0.3 is 5.97 Å². The van der Waals surface area contributed by atoms with E-state index in [-0.39, 0.29) is 6.42 Å². The van der Waals surface area contributed by atoms with Crippen LogP contribution in [0.4, 0.5) is 0 Å². The molecule has 4 fully saturated rings. The van der Waals surface area contributed by atoms with E-state index >= 15 is 0 Å². The predicted octanol–water partition coefficient (Wildman–Crippen LogP) is -7.27. The summed E-state index contributed by atoms with van der Waals surface area (Å²) in [6.45, 7) is -1.33. The highest BCUT2D eigenvalue weighted by Gasteiger charge is 2.67. The minimum Gasteiger partial charge on any atom is -0.395 e. The summed E-state index contributed by atoms with van der Waals surface area (Å²) in [4.78, 5) is 0. The Bertz CT molecular complexity index is 756. The summed E-state index contributed by atoms with van der Waals surface area (Å²) in [5, 5.41) is 85.6. The Labute approximate surface area is 206 Å². The van der Waals surface area contributed by atoms with Crippen LogP contribution in [0.1, 0.15) is 6.42 Å². The molecule has 4 rings (SSSR count). The number of nitrogens with two attached hydrogens (primary N) is 2. The third kappa shape index (κ3) is 4.68.